The smallest absolute Gasteiger partial charge is 0.336 e. The highest BCUT2D eigenvalue weighted by molar-refractivity contribution is 6.01. The van der Waals surface area contributed by atoms with Gasteiger partial charge in [-0.1, -0.05) is 54.6 Å². The van der Waals surface area contributed by atoms with Crippen molar-refractivity contribution < 1.29 is 15.0 Å². The van der Waals surface area contributed by atoms with Crippen molar-refractivity contribution in [3.8, 4) is 0 Å². The summed E-state index contributed by atoms with van der Waals surface area (Å²) >= 11 is 0. The van der Waals surface area contributed by atoms with E-state index in [-0.39, 0.29) is 12.2 Å². The number of hydrogen-bond acceptors (Lipinski definition) is 2. The molecule has 2 aromatic rings. The highest BCUT2D eigenvalue weighted by Crippen LogP contribution is 2.33. The standard InChI is InChI=1S/C19H16O3/c20-12-18(13-6-2-1-3-7-13)16-10-14-8-4-5-9-15(14)11-17(16)19(21)22/h1-9,11,20H,10,12H2,(H,21,22). The molecule has 3 nitrogen and oxygen atoms in total. The Morgan fingerprint density at radius 1 is 1.00 bits per heavy atom. The number of hydrogen-bond donors (Lipinski definition) is 2. The Labute approximate surface area is 128 Å². The van der Waals surface area contributed by atoms with Gasteiger partial charge in [0.25, 0.3) is 0 Å². The van der Waals surface area contributed by atoms with Crippen LogP contribution < -0.4 is 0 Å². The number of carboxylic acid groups (broad SMARTS) is 1. The number of carbonyl (C=O) groups is 1. The van der Waals surface area contributed by atoms with Gasteiger partial charge < -0.3 is 10.2 Å². The van der Waals surface area contributed by atoms with Gasteiger partial charge in [-0.3, -0.25) is 0 Å². The minimum atomic E-state index is -0.966. The third-order valence-electron chi connectivity index (χ3n) is 3.92. The quantitative estimate of drug-likeness (QED) is 0.913. The molecular weight excluding hydrogens is 276 g/mol. The lowest BCUT2D eigenvalue weighted by atomic mass is 9.83. The van der Waals surface area contributed by atoms with E-state index in [2.05, 4.69) is 0 Å². The zero-order chi connectivity index (χ0) is 15.5. The zero-order valence-corrected chi connectivity index (χ0v) is 12.0. The molecule has 0 spiro atoms. The zero-order valence-electron chi connectivity index (χ0n) is 12.0. The molecule has 22 heavy (non-hydrogen) atoms. The molecule has 3 rings (SSSR count). The van der Waals surface area contributed by atoms with E-state index in [1.54, 1.807) is 6.08 Å². The molecule has 0 unspecified atom stereocenters. The lowest BCUT2D eigenvalue weighted by molar-refractivity contribution is -0.132. The van der Waals surface area contributed by atoms with Crippen molar-refractivity contribution in [3.63, 3.8) is 0 Å². The molecule has 110 valence electrons. The molecule has 2 aromatic carbocycles. The number of rotatable bonds is 3. The van der Waals surface area contributed by atoms with E-state index in [1.807, 2.05) is 54.6 Å². The van der Waals surface area contributed by atoms with Gasteiger partial charge in [0.15, 0.2) is 0 Å². The molecule has 0 saturated carbocycles. The summed E-state index contributed by atoms with van der Waals surface area (Å²) in [6.07, 6.45) is 2.20. The largest absolute Gasteiger partial charge is 0.478 e. The summed E-state index contributed by atoms with van der Waals surface area (Å²) in [5.74, 6) is -0.966. The fourth-order valence-corrected chi connectivity index (χ4v) is 2.82. The summed E-state index contributed by atoms with van der Waals surface area (Å²) < 4.78 is 0. The Morgan fingerprint density at radius 2 is 1.68 bits per heavy atom. The second-order valence-electron chi connectivity index (χ2n) is 5.22. The first-order valence-electron chi connectivity index (χ1n) is 7.12. The van der Waals surface area contributed by atoms with Crippen LogP contribution in [-0.4, -0.2) is 22.8 Å². The Bertz CT molecular complexity index is 770. The van der Waals surface area contributed by atoms with Gasteiger partial charge in [0.05, 0.1) is 12.2 Å². The SMILES string of the molecule is O=C(O)C1=Cc2ccccc2CC1=C(CO)c1ccccc1. The molecule has 0 amide bonds. The van der Waals surface area contributed by atoms with Gasteiger partial charge >= 0.3 is 5.97 Å². The van der Waals surface area contributed by atoms with Crippen molar-refractivity contribution in [1.82, 2.24) is 0 Å². The van der Waals surface area contributed by atoms with Crippen LogP contribution in [0.3, 0.4) is 0 Å². The molecule has 0 radical (unpaired) electrons. The first-order chi connectivity index (χ1) is 10.7. The second kappa shape index (κ2) is 6.00. The number of benzene rings is 2. The van der Waals surface area contributed by atoms with Crippen molar-refractivity contribution in [1.29, 1.82) is 0 Å². The van der Waals surface area contributed by atoms with Crippen molar-refractivity contribution >= 4 is 17.6 Å². The Kier molecular flexibility index (Phi) is 3.90. The van der Waals surface area contributed by atoms with Crippen LogP contribution in [0.5, 0.6) is 0 Å². The molecular formula is C19H16O3. The summed E-state index contributed by atoms with van der Waals surface area (Å²) in [4.78, 5) is 11.6. The van der Waals surface area contributed by atoms with Crippen LogP contribution in [0, 0.1) is 0 Å². The van der Waals surface area contributed by atoms with Crippen molar-refractivity contribution in [2.24, 2.45) is 0 Å². The van der Waals surface area contributed by atoms with Gasteiger partial charge in [0.2, 0.25) is 0 Å². The van der Waals surface area contributed by atoms with Gasteiger partial charge in [-0.25, -0.2) is 4.79 Å². The van der Waals surface area contributed by atoms with Gasteiger partial charge in [-0.15, -0.1) is 0 Å². The molecule has 0 bridgehead atoms. The number of aliphatic carboxylic acids is 1. The normalized spacial score (nSPS) is 15.8. The number of fused-ring (bicyclic) bond motifs is 1. The van der Waals surface area contributed by atoms with Gasteiger partial charge in [-0.2, -0.15) is 0 Å². The van der Waals surface area contributed by atoms with Crippen LogP contribution in [-0.2, 0) is 11.2 Å². The van der Waals surface area contributed by atoms with Crippen molar-refractivity contribution in [2.75, 3.05) is 6.61 Å². The Balaban J connectivity index is 2.21. The maximum atomic E-state index is 11.6. The first kappa shape index (κ1) is 14.3. The molecule has 1 aliphatic carbocycles. The molecule has 0 aliphatic heterocycles. The molecule has 0 atom stereocenters. The van der Waals surface area contributed by atoms with Crippen LogP contribution in [0.2, 0.25) is 0 Å². The predicted molar refractivity (Wildman–Crippen MR) is 86.2 cm³/mol. The van der Waals surface area contributed by atoms with E-state index >= 15 is 0 Å². The highest BCUT2D eigenvalue weighted by atomic mass is 16.4. The number of aliphatic hydroxyl groups is 1. The van der Waals surface area contributed by atoms with E-state index in [4.69, 9.17) is 0 Å². The molecule has 1 aliphatic rings. The highest BCUT2D eigenvalue weighted by Gasteiger charge is 2.23. The van der Waals surface area contributed by atoms with E-state index in [1.165, 1.54) is 0 Å². The fraction of sp³-hybridized carbons (Fsp3) is 0.105. The lowest BCUT2D eigenvalue weighted by Gasteiger charge is -2.21. The summed E-state index contributed by atoms with van der Waals surface area (Å²) in [5, 5.41) is 19.3. The van der Waals surface area contributed by atoms with E-state index in [0.717, 1.165) is 16.7 Å². The van der Waals surface area contributed by atoms with E-state index in [9.17, 15) is 15.0 Å². The van der Waals surface area contributed by atoms with Crippen molar-refractivity contribution in [3.05, 3.63) is 82.4 Å². The van der Waals surface area contributed by atoms with Gasteiger partial charge in [0.1, 0.15) is 0 Å². The molecule has 0 heterocycles. The summed E-state index contributed by atoms with van der Waals surface area (Å²) in [7, 11) is 0. The van der Waals surface area contributed by atoms with Gasteiger partial charge in [-0.05, 0) is 40.3 Å². The fourth-order valence-electron chi connectivity index (χ4n) is 2.82. The van der Waals surface area contributed by atoms with E-state index < -0.39 is 5.97 Å². The molecule has 0 saturated heterocycles. The van der Waals surface area contributed by atoms with Gasteiger partial charge in [0, 0.05) is 0 Å². The lowest BCUT2D eigenvalue weighted by Crippen LogP contribution is -2.13. The Hall–Kier alpha value is -2.65. The summed E-state index contributed by atoms with van der Waals surface area (Å²) in [6.45, 7) is -0.188. The summed E-state index contributed by atoms with van der Waals surface area (Å²) in [5.41, 5.74) is 4.46. The van der Waals surface area contributed by atoms with Crippen LogP contribution >= 0.6 is 0 Å². The van der Waals surface area contributed by atoms with Crippen LogP contribution in [0.15, 0.2) is 65.7 Å². The molecule has 2 N–H and O–H groups in total. The third kappa shape index (κ3) is 2.59. The maximum absolute atomic E-state index is 11.6. The Morgan fingerprint density at radius 3 is 2.36 bits per heavy atom. The number of carboxylic acids is 1. The number of aliphatic hydroxyl groups excluding tert-OH is 1. The average molecular weight is 292 g/mol. The van der Waals surface area contributed by atoms with Crippen molar-refractivity contribution in [2.45, 2.75) is 6.42 Å². The topological polar surface area (TPSA) is 57.5 Å². The summed E-state index contributed by atoms with van der Waals surface area (Å²) in [6, 6.07) is 17.2. The average Bonchev–Trinajstić information content (AvgIpc) is 2.56. The minimum Gasteiger partial charge on any atom is -0.478 e. The predicted octanol–water partition coefficient (Wildman–Crippen LogP) is 3.16. The van der Waals surface area contributed by atoms with Crippen LogP contribution in [0.25, 0.3) is 11.6 Å². The molecule has 3 heteroatoms. The monoisotopic (exact) mass is 292 g/mol. The van der Waals surface area contributed by atoms with Crippen LogP contribution in [0.1, 0.15) is 16.7 Å². The minimum absolute atomic E-state index is 0.188. The first-order valence-corrected chi connectivity index (χ1v) is 7.12. The third-order valence-corrected chi connectivity index (χ3v) is 3.92. The second-order valence-corrected chi connectivity index (χ2v) is 5.22. The van der Waals surface area contributed by atoms with E-state index in [0.29, 0.717) is 17.6 Å². The molecule has 0 fully saturated rings. The maximum Gasteiger partial charge on any atom is 0.336 e. The van der Waals surface area contributed by atoms with Crippen LogP contribution in [0.4, 0.5) is 0 Å². The molecule has 0 aromatic heterocycles.